The lowest BCUT2D eigenvalue weighted by molar-refractivity contribution is -0.113. The molecule has 0 saturated heterocycles. The lowest BCUT2D eigenvalue weighted by atomic mass is 9.84. The molecule has 1 aliphatic carbocycles. The predicted octanol–water partition coefficient (Wildman–Crippen LogP) is 7.38. The topological polar surface area (TPSA) is 55.8 Å². The number of fused-ring (bicyclic) bond motifs is 2. The Morgan fingerprint density at radius 3 is 2.44 bits per heavy atom. The molecule has 2 aliphatic rings. The van der Waals surface area contributed by atoms with E-state index >= 15 is 0 Å². The summed E-state index contributed by atoms with van der Waals surface area (Å²) in [6.45, 7) is 4.07. The molecule has 0 unspecified atom stereocenters. The Labute approximate surface area is 206 Å². The largest absolute Gasteiger partial charge is 0.506 e. The Morgan fingerprint density at radius 1 is 0.971 bits per heavy atom. The molecule has 0 fully saturated rings. The summed E-state index contributed by atoms with van der Waals surface area (Å²) in [6, 6.07) is 13.8. The van der Waals surface area contributed by atoms with Crippen molar-refractivity contribution in [2.75, 3.05) is 14.2 Å². The number of allylic oxidation sites excluding steroid dienone is 6. The van der Waals surface area contributed by atoms with Gasteiger partial charge in [0.2, 0.25) is 26.7 Å². The third-order valence-corrected chi connectivity index (χ3v) is 7.89. The van der Waals surface area contributed by atoms with Crippen LogP contribution in [-0.2, 0) is 4.79 Å². The van der Waals surface area contributed by atoms with E-state index in [0.29, 0.717) is 11.1 Å². The third-order valence-electron chi connectivity index (χ3n) is 5.85. The maximum Gasteiger partial charge on any atom is 0.239 e. The second kappa shape index (κ2) is 8.78. The van der Waals surface area contributed by atoms with Crippen molar-refractivity contribution < 1.29 is 19.4 Å². The molecular weight excluding hydrogens is 464 g/mol. The van der Waals surface area contributed by atoms with Crippen molar-refractivity contribution in [3.63, 3.8) is 0 Å². The molecule has 2 aromatic carbocycles. The molecular formula is C28H23O4S2+. The molecule has 5 rings (SSSR count). The van der Waals surface area contributed by atoms with Gasteiger partial charge in [-0.25, -0.2) is 0 Å². The maximum atomic E-state index is 13.1. The molecule has 3 aromatic rings. The van der Waals surface area contributed by atoms with Crippen molar-refractivity contribution in [3.05, 3.63) is 92.4 Å². The van der Waals surface area contributed by atoms with Gasteiger partial charge < -0.3 is 14.6 Å². The highest BCUT2D eigenvalue weighted by atomic mass is 32.2. The van der Waals surface area contributed by atoms with E-state index in [-0.39, 0.29) is 11.5 Å². The molecule has 0 radical (unpaired) electrons. The normalized spacial score (nSPS) is 17.6. The highest BCUT2D eigenvalue weighted by Gasteiger charge is 2.33. The van der Waals surface area contributed by atoms with Gasteiger partial charge in [0.25, 0.3) is 0 Å². The SMILES string of the molecule is COc1ccc2c(c1)/C(=C/C1=C(O)C(=C/c3cc(C)[s+]c4ccc(OC)cc34)/C1=O)C=C(C)S2. The summed E-state index contributed by atoms with van der Waals surface area (Å²) in [4.78, 5) is 16.4. The minimum atomic E-state index is -0.167. The van der Waals surface area contributed by atoms with Crippen molar-refractivity contribution in [2.45, 2.75) is 18.7 Å². The molecule has 6 heteroatoms. The van der Waals surface area contributed by atoms with E-state index in [1.807, 2.05) is 62.4 Å². The molecule has 1 N–H and O–H groups in total. The number of aryl methyl sites for hydroxylation is 1. The van der Waals surface area contributed by atoms with Gasteiger partial charge in [-0.1, -0.05) is 11.8 Å². The zero-order valence-corrected chi connectivity index (χ0v) is 20.9. The van der Waals surface area contributed by atoms with E-state index in [1.54, 1.807) is 49.5 Å². The first-order chi connectivity index (χ1) is 16.4. The maximum absolute atomic E-state index is 13.1. The van der Waals surface area contributed by atoms with Crippen LogP contribution in [0.3, 0.4) is 0 Å². The van der Waals surface area contributed by atoms with Crippen LogP contribution in [0.25, 0.3) is 21.7 Å². The second-order valence-corrected chi connectivity index (χ2v) is 10.7. The van der Waals surface area contributed by atoms with Gasteiger partial charge in [-0.15, -0.1) is 0 Å². The van der Waals surface area contributed by atoms with Gasteiger partial charge >= 0.3 is 0 Å². The fourth-order valence-electron chi connectivity index (χ4n) is 4.16. The monoisotopic (exact) mass is 487 g/mol. The van der Waals surface area contributed by atoms with Gasteiger partial charge in [0.15, 0.2) is 0 Å². The van der Waals surface area contributed by atoms with Crippen molar-refractivity contribution in [3.8, 4) is 11.5 Å². The summed E-state index contributed by atoms with van der Waals surface area (Å²) in [6.07, 6.45) is 5.58. The number of carbonyl (C=O) groups excluding carboxylic acids is 1. The molecule has 34 heavy (non-hydrogen) atoms. The third kappa shape index (κ3) is 3.93. The number of ether oxygens (including phenoxy) is 2. The summed E-state index contributed by atoms with van der Waals surface area (Å²) in [5, 5.41) is 11.8. The molecule has 0 bridgehead atoms. The van der Waals surface area contributed by atoms with E-state index < -0.39 is 0 Å². The minimum Gasteiger partial charge on any atom is -0.506 e. The lowest BCUT2D eigenvalue weighted by Crippen LogP contribution is -2.21. The first kappa shape index (κ1) is 22.4. The first-order valence-corrected chi connectivity index (χ1v) is 12.4. The number of rotatable bonds is 4. The van der Waals surface area contributed by atoms with Crippen LogP contribution >= 0.6 is 23.1 Å². The summed E-state index contributed by atoms with van der Waals surface area (Å²) in [5.41, 5.74) is 3.39. The van der Waals surface area contributed by atoms with Crippen LogP contribution in [0, 0.1) is 6.92 Å². The molecule has 2 heterocycles. The smallest absolute Gasteiger partial charge is 0.239 e. The minimum absolute atomic E-state index is 0.0208. The Kier molecular flexibility index (Phi) is 5.80. The van der Waals surface area contributed by atoms with Crippen LogP contribution in [0.1, 0.15) is 22.9 Å². The summed E-state index contributed by atoms with van der Waals surface area (Å²) in [5.74, 6) is 1.35. The van der Waals surface area contributed by atoms with E-state index in [9.17, 15) is 9.90 Å². The highest BCUT2D eigenvalue weighted by Crippen LogP contribution is 2.43. The average molecular weight is 488 g/mol. The van der Waals surface area contributed by atoms with Crippen molar-refractivity contribution >= 4 is 50.6 Å². The number of Topliss-reactive ketones (excluding diaryl/α,β-unsaturated/α-hetero) is 1. The Balaban J connectivity index is 1.58. The summed E-state index contributed by atoms with van der Waals surface area (Å²) in [7, 11) is 3.27. The highest BCUT2D eigenvalue weighted by molar-refractivity contribution is 8.03. The predicted molar refractivity (Wildman–Crippen MR) is 141 cm³/mol. The number of hydrogen-bond acceptors (Lipinski definition) is 5. The van der Waals surface area contributed by atoms with Crippen molar-refractivity contribution in [2.24, 2.45) is 0 Å². The van der Waals surface area contributed by atoms with E-state index in [0.717, 1.165) is 53.0 Å². The molecule has 1 aromatic heterocycles. The van der Waals surface area contributed by atoms with Crippen LogP contribution in [0.5, 0.6) is 11.5 Å². The number of thioether (sulfide) groups is 1. The molecule has 170 valence electrons. The molecule has 1 aliphatic heterocycles. The van der Waals surface area contributed by atoms with Crippen LogP contribution < -0.4 is 9.47 Å². The number of methoxy groups -OCH3 is 2. The van der Waals surface area contributed by atoms with Gasteiger partial charge in [0, 0.05) is 24.0 Å². The Bertz CT molecular complexity index is 1490. The van der Waals surface area contributed by atoms with E-state index in [1.165, 1.54) is 0 Å². The summed E-state index contributed by atoms with van der Waals surface area (Å²) < 4.78 is 11.9. The van der Waals surface area contributed by atoms with E-state index in [4.69, 9.17) is 9.47 Å². The van der Waals surface area contributed by atoms with Gasteiger partial charge in [-0.2, -0.15) is 0 Å². The number of benzene rings is 2. The van der Waals surface area contributed by atoms with Gasteiger partial charge in [-0.05, 0) is 77.1 Å². The lowest BCUT2D eigenvalue weighted by Gasteiger charge is -2.22. The number of aliphatic hydroxyl groups excluding tert-OH is 1. The fourth-order valence-corrected chi connectivity index (χ4v) is 6.07. The molecule has 4 nitrogen and oxygen atoms in total. The standard InChI is InChI=1S/C28H22O4S2/c1-15-9-17(21-13-19(31-3)5-7-25(21)33-15)11-23-27(29)24(28(23)30)12-18-10-16(2)34-26-8-6-20(32-4)14-22(18)26/h5-14H,1-4H3/p+1. The quantitative estimate of drug-likeness (QED) is 0.307. The second-order valence-electron chi connectivity index (χ2n) is 8.14. The molecule has 0 saturated carbocycles. The first-order valence-electron chi connectivity index (χ1n) is 10.8. The number of carbonyl (C=O) groups is 1. The number of ketones is 1. The molecule has 0 spiro atoms. The number of aliphatic hydroxyl groups is 1. The molecule has 0 atom stereocenters. The van der Waals surface area contributed by atoms with Crippen LogP contribution in [0.4, 0.5) is 0 Å². The van der Waals surface area contributed by atoms with Crippen LogP contribution in [-0.4, -0.2) is 25.1 Å². The van der Waals surface area contributed by atoms with Gasteiger partial charge in [0.1, 0.15) is 17.3 Å². The molecule has 0 amide bonds. The van der Waals surface area contributed by atoms with Crippen molar-refractivity contribution in [1.82, 2.24) is 0 Å². The van der Waals surface area contributed by atoms with Gasteiger partial charge in [-0.3, -0.25) is 4.79 Å². The van der Waals surface area contributed by atoms with Crippen LogP contribution in [0.2, 0.25) is 0 Å². The number of hydrogen-bond donors (Lipinski definition) is 1. The fraction of sp³-hybridized carbons (Fsp3) is 0.143. The summed E-state index contributed by atoms with van der Waals surface area (Å²) >= 11 is 3.35. The van der Waals surface area contributed by atoms with Gasteiger partial charge in [0.05, 0.1) is 30.8 Å². The van der Waals surface area contributed by atoms with Crippen molar-refractivity contribution in [1.29, 1.82) is 0 Å². The zero-order valence-electron chi connectivity index (χ0n) is 19.3. The zero-order chi connectivity index (χ0) is 24.0. The average Bonchev–Trinajstić information content (AvgIpc) is 2.84. The Morgan fingerprint density at radius 2 is 1.71 bits per heavy atom. The van der Waals surface area contributed by atoms with E-state index in [2.05, 4.69) is 0 Å². The Hall–Kier alpha value is -3.35. The van der Waals surface area contributed by atoms with Crippen LogP contribution in [0.15, 0.2) is 81.3 Å².